The maximum atomic E-state index is 16.1. The van der Waals surface area contributed by atoms with Crippen LogP contribution in [-0.4, -0.2) is 30.8 Å². The number of halogens is 3. The summed E-state index contributed by atoms with van der Waals surface area (Å²) in [7, 11) is 0. The number of alkyl halides is 1. The Kier molecular flexibility index (Phi) is 7.06. The largest absolute Gasteiger partial charge is 0.513 e. The molecule has 0 saturated heterocycles. The maximum Gasteiger partial charge on any atom is 0.513 e. The van der Waals surface area contributed by atoms with Gasteiger partial charge in [-0.3, -0.25) is 4.98 Å². The molecule has 37 heavy (non-hydrogen) atoms. The van der Waals surface area contributed by atoms with Crippen molar-refractivity contribution in [3.8, 4) is 17.3 Å². The second-order valence-electron chi connectivity index (χ2n) is 9.54. The number of hydrogen-bond acceptors (Lipinski definition) is 5. The molecule has 0 amide bonds. The first kappa shape index (κ1) is 25.1. The van der Waals surface area contributed by atoms with E-state index in [0.29, 0.717) is 34.3 Å². The molecule has 1 saturated carbocycles. The van der Waals surface area contributed by atoms with Crippen LogP contribution in [0.4, 0.5) is 13.6 Å². The van der Waals surface area contributed by atoms with E-state index in [1.165, 1.54) is 36.7 Å². The third kappa shape index (κ3) is 5.27. The second kappa shape index (κ2) is 10.4. The van der Waals surface area contributed by atoms with Gasteiger partial charge in [0.1, 0.15) is 11.5 Å². The van der Waals surface area contributed by atoms with E-state index in [1.807, 2.05) is 0 Å². The first-order chi connectivity index (χ1) is 17.8. The lowest BCUT2D eigenvalue weighted by Crippen LogP contribution is -2.20. The predicted molar refractivity (Wildman–Crippen MR) is 135 cm³/mol. The van der Waals surface area contributed by atoms with Gasteiger partial charge in [0.25, 0.3) is 0 Å². The summed E-state index contributed by atoms with van der Waals surface area (Å²) >= 11 is 6.19. The number of pyridine rings is 1. The molecule has 3 aromatic heterocycles. The van der Waals surface area contributed by atoms with Crippen molar-refractivity contribution >= 4 is 28.8 Å². The van der Waals surface area contributed by atoms with E-state index in [9.17, 15) is 9.18 Å². The van der Waals surface area contributed by atoms with E-state index >= 15 is 4.39 Å². The Morgan fingerprint density at radius 2 is 1.95 bits per heavy atom. The normalized spacial score (nSPS) is 18.6. The molecule has 1 N–H and O–H groups in total. The van der Waals surface area contributed by atoms with Crippen LogP contribution in [0.3, 0.4) is 0 Å². The van der Waals surface area contributed by atoms with Crippen LogP contribution in [0.15, 0.2) is 48.8 Å². The standard InChI is InChI=1S/C27H25ClF2N4O3/c1-15-6-8-16(9-7-15)14-34-22(23(30)19-4-2-3-5-20(19)29)11-21-25(34)24(17-10-18(28)13-31-12-17)33-26(32-21)37-27(35)36/h2-5,10-13,15-16,23H,6-9,14H2,1H3,(H,35,36)/t15-,16-,23?. The van der Waals surface area contributed by atoms with Gasteiger partial charge in [0.05, 0.1) is 21.7 Å². The number of nitrogens with zero attached hydrogens (tertiary/aromatic N) is 4. The fourth-order valence-electron chi connectivity index (χ4n) is 5.05. The fraction of sp³-hybridized carbons (Fsp3) is 0.333. The smallest absolute Gasteiger partial charge is 0.449 e. The third-order valence-electron chi connectivity index (χ3n) is 6.93. The molecular weight excluding hydrogens is 502 g/mol. The highest BCUT2D eigenvalue weighted by molar-refractivity contribution is 6.30. The van der Waals surface area contributed by atoms with Gasteiger partial charge in [-0.15, -0.1) is 0 Å². The monoisotopic (exact) mass is 526 g/mol. The number of ether oxygens (including phenoxy) is 1. The SMILES string of the molecule is C[C@H]1CC[C@H](Cn2c(C(F)c3ccccc3F)cc3nc(OC(=O)O)nc(-c4cncc(Cl)c4)c32)CC1. The number of carboxylic acid groups (broad SMARTS) is 1. The highest BCUT2D eigenvalue weighted by Gasteiger charge is 2.28. The molecule has 0 bridgehead atoms. The molecule has 0 radical (unpaired) electrons. The van der Waals surface area contributed by atoms with Crippen molar-refractivity contribution < 1.29 is 23.4 Å². The van der Waals surface area contributed by atoms with Crippen LogP contribution in [0.5, 0.6) is 6.01 Å². The van der Waals surface area contributed by atoms with Crippen molar-refractivity contribution in [3.63, 3.8) is 0 Å². The number of fused-ring (bicyclic) bond motifs is 1. The predicted octanol–water partition coefficient (Wildman–Crippen LogP) is 7.23. The summed E-state index contributed by atoms with van der Waals surface area (Å²) in [6, 6.07) is 8.46. The zero-order valence-electron chi connectivity index (χ0n) is 20.1. The maximum absolute atomic E-state index is 16.1. The van der Waals surface area contributed by atoms with Gasteiger partial charge < -0.3 is 14.4 Å². The van der Waals surface area contributed by atoms with Gasteiger partial charge in [-0.1, -0.05) is 49.6 Å². The van der Waals surface area contributed by atoms with Crippen molar-refractivity contribution in [2.24, 2.45) is 11.8 Å². The summed E-state index contributed by atoms with van der Waals surface area (Å²) in [5, 5.41) is 9.51. The van der Waals surface area contributed by atoms with Crippen LogP contribution in [0.2, 0.25) is 5.02 Å². The molecule has 1 atom stereocenters. The molecule has 1 aliphatic carbocycles. The minimum absolute atomic E-state index is 0.0928. The van der Waals surface area contributed by atoms with Crippen molar-refractivity contribution in [3.05, 3.63) is 70.9 Å². The van der Waals surface area contributed by atoms with Gasteiger partial charge in [-0.25, -0.2) is 13.6 Å². The number of rotatable bonds is 6. The molecule has 0 aliphatic heterocycles. The van der Waals surface area contributed by atoms with Crippen molar-refractivity contribution in [1.82, 2.24) is 19.5 Å². The van der Waals surface area contributed by atoms with Crippen LogP contribution in [-0.2, 0) is 6.54 Å². The average molecular weight is 527 g/mol. The lowest BCUT2D eigenvalue weighted by molar-refractivity contribution is 0.140. The van der Waals surface area contributed by atoms with Crippen molar-refractivity contribution in [1.29, 1.82) is 0 Å². The molecule has 1 aliphatic rings. The Morgan fingerprint density at radius 1 is 1.19 bits per heavy atom. The molecule has 3 heterocycles. The minimum Gasteiger partial charge on any atom is -0.449 e. The molecule has 7 nitrogen and oxygen atoms in total. The summed E-state index contributed by atoms with van der Waals surface area (Å²) in [4.78, 5) is 24.0. The van der Waals surface area contributed by atoms with Crippen LogP contribution in [0, 0.1) is 17.7 Å². The third-order valence-corrected chi connectivity index (χ3v) is 7.13. The number of benzene rings is 1. The molecule has 10 heteroatoms. The van der Waals surface area contributed by atoms with Gasteiger partial charge in [0, 0.05) is 30.1 Å². The molecule has 192 valence electrons. The topological polar surface area (TPSA) is 90.1 Å². The van der Waals surface area contributed by atoms with Crippen LogP contribution in [0.1, 0.15) is 50.0 Å². The van der Waals surface area contributed by atoms with Gasteiger partial charge in [-0.2, -0.15) is 9.97 Å². The van der Waals surface area contributed by atoms with E-state index in [4.69, 9.17) is 21.4 Å². The van der Waals surface area contributed by atoms with Crippen molar-refractivity contribution in [2.75, 3.05) is 0 Å². The zero-order chi connectivity index (χ0) is 26.1. The van der Waals surface area contributed by atoms with E-state index in [2.05, 4.69) is 21.9 Å². The van der Waals surface area contributed by atoms with Gasteiger partial charge in [0.15, 0.2) is 6.17 Å². The summed E-state index contributed by atoms with van der Waals surface area (Å²) in [6.07, 6.45) is 3.72. The van der Waals surface area contributed by atoms with Crippen LogP contribution >= 0.6 is 11.6 Å². The molecule has 4 aromatic rings. The molecule has 1 unspecified atom stereocenters. The lowest BCUT2D eigenvalue weighted by Gasteiger charge is -2.28. The summed E-state index contributed by atoms with van der Waals surface area (Å²) in [5.41, 5.74) is 1.65. The highest BCUT2D eigenvalue weighted by Crippen LogP contribution is 2.39. The van der Waals surface area contributed by atoms with E-state index in [0.717, 1.165) is 25.7 Å². The molecule has 0 spiro atoms. The Morgan fingerprint density at radius 3 is 2.65 bits per heavy atom. The first-order valence-electron chi connectivity index (χ1n) is 12.1. The first-order valence-corrected chi connectivity index (χ1v) is 12.5. The van der Waals surface area contributed by atoms with Crippen molar-refractivity contribution in [2.45, 2.75) is 45.3 Å². The summed E-state index contributed by atoms with van der Waals surface area (Å²) in [6.45, 7) is 2.70. The Balaban J connectivity index is 1.74. The molecule has 5 rings (SSSR count). The average Bonchev–Trinajstić information content (AvgIpc) is 3.22. The minimum atomic E-state index is -1.79. The van der Waals surface area contributed by atoms with Crippen LogP contribution < -0.4 is 4.74 Å². The van der Waals surface area contributed by atoms with E-state index in [1.54, 1.807) is 16.7 Å². The Hall–Kier alpha value is -3.59. The summed E-state index contributed by atoms with van der Waals surface area (Å²) < 4.78 is 37.3. The zero-order valence-corrected chi connectivity index (χ0v) is 20.8. The number of hydrogen-bond donors (Lipinski definition) is 1. The number of carbonyl (C=O) groups is 1. The Labute approximate surface area is 217 Å². The van der Waals surface area contributed by atoms with Gasteiger partial charge in [0.2, 0.25) is 0 Å². The quantitative estimate of drug-likeness (QED) is 0.266. The summed E-state index contributed by atoms with van der Waals surface area (Å²) in [5.74, 6) is 0.258. The lowest BCUT2D eigenvalue weighted by atomic mass is 9.83. The molecule has 1 fully saturated rings. The fourth-order valence-corrected chi connectivity index (χ4v) is 5.22. The Bertz CT molecular complexity index is 1450. The van der Waals surface area contributed by atoms with E-state index < -0.39 is 24.2 Å². The van der Waals surface area contributed by atoms with E-state index in [-0.39, 0.29) is 22.7 Å². The molecular formula is C27H25ClF2N4O3. The van der Waals surface area contributed by atoms with Gasteiger partial charge >= 0.3 is 12.2 Å². The van der Waals surface area contributed by atoms with Crippen LogP contribution in [0.25, 0.3) is 22.3 Å². The molecule has 1 aromatic carbocycles. The van der Waals surface area contributed by atoms with Gasteiger partial charge in [-0.05, 0) is 42.9 Å². The highest BCUT2D eigenvalue weighted by atomic mass is 35.5. The number of aromatic nitrogens is 4. The second-order valence-corrected chi connectivity index (χ2v) is 9.97.